The largest absolute Gasteiger partial charge is 0.494 e. The summed E-state index contributed by atoms with van der Waals surface area (Å²) in [5.41, 5.74) is 2.39. The van der Waals surface area contributed by atoms with Crippen molar-refractivity contribution in [2.45, 2.75) is 52.8 Å². The number of hydrogen-bond donors (Lipinski definition) is 1. The average Bonchev–Trinajstić information content (AvgIpc) is 2.82. The van der Waals surface area contributed by atoms with E-state index in [0.717, 1.165) is 43.2 Å². The van der Waals surface area contributed by atoms with E-state index < -0.39 is 0 Å². The van der Waals surface area contributed by atoms with Gasteiger partial charge in [0.1, 0.15) is 17.6 Å². The molecule has 4 nitrogen and oxygen atoms in total. The van der Waals surface area contributed by atoms with Crippen molar-refractivity contribution >= 4 is 0 Å². The fraction of sp³-hybridized carbons (Fsp3) is 0.647. The fourth-order valence-corrected chi connectivity index (χ4v) is 2.55. The Balaban J connectivity index is 2.05. The van der Waals surface area contributed by atoms with Crippen molar-refractivity contribution in [2.75, 3.05) is 19.8 Å². The third-order valence-electron chi connectivity index (χ3n) is 3.59. The summed E-state index contributed by atoms with van der Waals surface area (Å²) in [5.74, 6) is 1.96. The summed E-state index contributed by atoms with van der Waals surface area (Å²) in [5, 5.41) is 3.47. The number of rotatable bonds is 8. The zero-order valence-electron chi connectivity index (χ0n) is 13.6. The molecule has 2 unspecified atom stereocenters. The van der Waals surface area contributed by atoms with Gasteiger partial charge in [-0.2, -0.15) is 0 Å². The lowest BCUT2D eigenvalue weighted by Crippen LogP contribution is -2.30. The summed E-state index contributed by atoms with van der Waals surface area (Å²) in [7, 11) is 0. The Morgan fingerprint density at radius 2 is 2.14 bits per heavy atom. The van der Waals surface area contributed by atoms with Crippen LogP contribution >= 0.6 is 0 Å². The molecule has 0 saturated carbocycles. The smallest absolute Gasteiger partial charge is 0.124 e. The van der Waals surface area contributed by atoms with Crippen LogP contribution in [0.3, 0.4) is 0 Å². The Hall–Kier alpha value is -1.26. The molecule has 1 aromatic rings. The van der Waals surface area contributed by atoms with Crippen molar-refractivity contribution in [1.29, 1.82) is 0 Å². The molecule has 118 valence electrons. The number of nitrogens with one attached hydrogen (secondary N) is 1. The Bertz CT molecular complexity index is 462. The highest BCUT2D eigenvalue weighted by molar-refractivity contribution is 5.48. The lowest BCUT2D eigenvalue weighted by atomic mass is 10.1. The second-order valence-corrected chi connectivity index (χ2v) is 5.57. The molecule has 0 bridgehead atoms. The first-order valence-corrected chi connectivity index (χ1v) is 7.90. The van der Waals surface area contributed by atoms with E-state index in [1.54, 1.807) is 0 Å². The molecule has 1 aromatic carbocycles. The molecule has 0 amide bonds. The van der Waals surface area contributed by atoms with Gasteiger partial charge in [-0.3, -0.25) is 0 Å². The van der Waals surface area contributed by atoms with Crippen LogP contribution in [-0.2, 0) is 17.7 Å². The summed E-state index contributed by atoms with van der Waals surface area (Å²) in [6, 6.07) is 4.56. The molecular weight excluding hydrogens is 266 g/mol. The van der Waals surface area contributed by atoms with E-state index in [1.165, 1.54) is 5.56 Å². The highest BCUT2D eigenvalue weighted by atomic mass is 16.5. The number of hydrogen-bond acceptors (Lipinski definition) is 4. The topological polar surface area (TPSA) is 39.7 Å². The quantitative estimate of drug-likeness (QED) is 0.800. The van der Waals surface area contributed by atoms with Crippen molar-refractivity contribution in [3.05, 3.63) is 23.3 Å². The number of ether oxygens (including phenoxy) is 3. The van der Waals surface area contributed by atoms with E-state index in [1.807, 2.05) is 13.8 Å². The maximum absolute atomic E-state index is 5.84. The molecule has 1 aliphatic rings. The van der Waals surface area contributed by atoms with E-state index in [9.17, 15) is 0 Å². The van der Waals surface area contributed by atoms with E-state index in [2.05, 4.69) is 31.3 Å². The highest BCUT2D eigenvalue weighted by Gasteiger charge is 2.21. The molecule has 2 atom stereocenters. The molecule has 1 N–H and O–H groups in total. The minimum absolute atomic E-state index is 0.259. The SMILES string of the molecule is CCOCC(C)NCc1cc2c(cc1OCC)CC(C)O2. The van der Waals surface area contributed by atoms with Gasteiger partial charge in [0.2, 0.25) is 0 Å². The third-order valence-corrected chi connectivity index (χ3v) is 3.59. The van der Waals surface area contributed by atoms with E-state index in [4.69, 9.17) is 14.2 Å². The Morgan fingerprint density at radius 1 is 1.33 bits per heavy atom. The van der Waals surface area contributed by atoms with Gasteiger partial charge in [-0.1, -0.05) is 0 Å². The number of fused-ring (bicyclic) bond motifs is 1. The van der Waals surface area contributed by atoms with E-state index in [-0.39, 0.29) is 6.10 Å². The Labute approximate surface area is 127 Å². The van der Waals surface area contributed by atoms with Crippen LogP contribution in [0.1, 0.15) is 38.8 Å². The van der Waals surface area contributed by atoms with Gasteiger partial charge < -0.3 is 19.5 Å². The van der Waals surface area contributed by atoms with Crippen LogP contribution in [0.15, 0.2) is 12.1 Å². The van der Waals surface area contributed by atoms with Gasteiger partial charge in [-0.05, 0) is 39.8 Å². The first-order valence-electron chi connectivity index (χ1n) is 7.90. The van der Waals surface area contributed by atoms with Crippen molar-refractivity contribution in [3.63, 3.8) is 0 Å². The molecule has 21 heavy (non-hydrogen) atoms. The Morgan fingerprint density at radius 3 is 2.86 bits per heavy atom. The van der Waals surface area contributed by atoms with Crippen LogP contribution < -0.4 is 14.8 Å². The predicted octanol–water partition coefficient (Wildman–Crippen LogP) is 2.92. The predicted molar refractivity (Wildman–Crippen MR) is 84.2 cm³/mol. The molecule has 0 fully saturated rings. The standard InChI is InChI=1S/C17H27NO3/c1-5-19-11-12(3)18-10-15-9-17-14(7-13(4)21-17)8-16(15)20-6-2/h8-9,12-13,18H,5-7,10-11H2,1-4H3. The summed E-state index contributed by atoms with van der Waals surface area (Å²) in [4.78, 5) is 0. The molecular formula is C17H27NO3. The molecule has 0 spiro atoms. The van der Waals surface area contributed by atoms with Crippen LogP contribution in [0.25, 0.3) is 0 Å². The molecule has 4 heteroatoms. The molecule has 0 saturated heterocycles. The summed E-state index contributed by atoms with van der Waals surface area (Å²) >= 11 is 0. The minimum atomic E-state index is 0.259. The normalized spacial score (nSPS) is 18.2. The van der Waals surface area contributed by atoms with Crippen LogP contribution in [0.2, 0.25) is 0 Å². The van der Waals surface area contributed by atoms with Gasteiger partial charge in [0.05, 0.1) is 13.2 Å². The second-order valence-electron chi connectivity index (χ2n) is 5.57. The molecule has 1 heterocycles. The maximum Gasteiger partial charge on any atom is 0.124 e. The fourth-order valence-electron chi connectivity index (χ4n) is 2.55. The zero-order chi connectivity index (χ0) is 15.2. The van der Waals surface area contributed by atoms with Crippen LogP contribution in [-0.4, -0.2) is 32.0 Å². The van der Waals surface area contributed by atoms with Crippen molar-refractivity contribution in [1.82, 2.24) is 5.32 Å². The molecule has 0 aliphatic carbocycles. The van der Waals surface area contributed by atoms with Gasteiger partial charge in [0.25, 0.3) is 0 Å². The van der Waals surface area contributed by atoms with Gasteiger partial charge in [-0.25, -0.2) is 0 Å². The van der Waals surface area contributed by atoms with Crippen LogP contribution in [0.5, 0.6) is 11.5 Å². The van der Waals surface area contributed by atoms with Crippen molar-refractivity contribution < 1.29 is 14.2 Å². The van der Waals surface area contributed by atoms with Crippen molar-refractivity contribution in [3.8, 4) is 11.5 Å². The summed E-state index contributed by atoms with van der Waals surface area (Å²) in [6.07, 6.45) is 1.22. The zero-order valence-corrected chi connectivity index (χ0v) is 13.6. The van der Waals surface area contributed by atoms with E-state index in [0.29, 0.717) is 12.6 Å². The first kappa shape index (κ1) is 16.1. The number of benzene rings is 1. The van der Waals surface area contributed by atoms with Gasteiger partial charge in [-0.15, -0.1) is 0 Å². The highest BCUT2D eigenvalue weighted by Crippen LogP contribution is 2.35. The van der Waals surface area contributed by atoms with E-state index >= 15 is 0 Å². The molecule has 0 radical (unpaired) electrons. The molecule has 0 aromatic heterocycles. The average molecular weight is 293 g/mol. The van der Waals surface area contributed by atoms with Gasteiger partial charge in [0, 0.05) is 36.7 Å². The summed E-state index contributed by atoms with van der Waals surface area (Å²) < 4.78 is 17.1. The van der Waals surface area contributed by atoms with Gasteiger partial charge in [0.15, 0.2) is 0 Å². The lowest BCUT2D eigenvalue weighted by Gasteiger charge is -2.17. The lowest BCUT2D eigenvalue weighted by molar-refractivity contribution is 0.127. The van der Waals surface area contributed by atoms with Crippen LogP contribution in [0, 0.1) is 0 Å². The van der Waals surface area contributed by atoms with Crippen LogP contribution in [0.4, 0.5) is 0 Å². The maximum atomic E-state index is 5.84. The minimum Gasteiger partial charge on any atom is -0.494 e. The second kappa shape index (κ2) is 7.66. The van der Waals surface area contributed by atoms with Crippen molar-refractivity contribution in [2.24, 2.45) is 0 Å². The first-order chi connectivity index (χ1) is 10.1. The monoisotopic (exact) mass is 293 g/mol. The summed E-state index contributed by atoms with van der Waals surface area (Å²) in [6.45, 7) is 11.2. The van der Waals surface area contributed by atoms with Gasteiger partial charge >= 0.3 is 0 Å². The third kappa shape index (κ3) is 4.35. The Kier molecular flexibility index (Phi) is 5.88. The molecule has 2 rings (SSSR count). The molecule has 1 aliphatic heterocycles.